The predicted molar refractivity (Wildman–Crippen MR) is 71.7 cm³/mol. The Morgan fingerprint density at radius 3 is 2.39 bits per heavy atom. The number of carbonyl (C=O) groups excluding carboxylic acids is 1. The lowest BCUT2D eigenvalue weighted by Crippen LogP contribution is -2.33. The zero-order valence-corrected chi connectivity index (χ0v) is 11.4. The van der Waals surface area contributed by atoms with Crippen LogP contribution in [-0.4, -0.2) is 17.4 Å². The zero-order chi connectivity index (χ0) is 13.5. The Morgan fingerprint density at radius 2 is 1.89 bits per heavy atom. The van der Waals surface area contributed by atoms with Crippen molar-refractivity contribution in [3.63, 3.8) is 0 Å². The number of rotatable bonds is 6. The van der Waals surface area contributed by atoms with Gasteiger partial charge in [0.25, 0.3) is 0 Å². The molecule has 3 heteroatoms. The molecule has 1 amide bonds. The fourth-order valence-electron chi connectivity index (χ4n) is 2.06. The van der Waals surface area contributed by atoms with Gasteiger partial charge in [0, 0.05) is 13.0 Å². The SMILES string of the molecule is CCCCC(=O)N(CC)C(C)c1ccc(F)cc1. The van der Waals surface area contributed by atoms with E-state index < -0.39 is 0 Å². The first-order valence-corrected chi connectivity index (χ1v) is 6.65. The average molecular weight is 251 g/mol. The van der Waals surface area contributed by atoms with Crippen LogP contribution in [0.5, 0.6) is 0 Å². The Balaban J connectivity index is 2.75. The number of amides is 1. The van der Waals surface area contributed by atoms with Crippen LogP contribution in [-0.2, 0) is 4.79 Å². The van der Waals surface area contributed by atoms with Crippen molar-refractivity contribution >= 4 is 5.91 Å². The Bertz CT molecular complexity index is 375. The van der Waals surface area contributed by atoms with E-state index >= 15 is 0 Å². The third kappa shape index (κ3) is 3.83. The van der Waals surface area contributed by atoms with Crippen molar-refractivity contribution in [3.8, 4) is 0 Å². The molecule has 0 spiro atoms. The largest absolute Gasteiger partial charge is 0.336 e. The Hall–Kier alpha value is -1.38. The molecule has 100 valence electrons. The second kappa shape index (κ2) is 7.14. The zero-order valence-electron chi connectivity index (χ0n) is 11.4. The molecule has 0 aromatic heterocycles. The van der Waals surface area contributed by atoms with Gasteiger partial charge in [-0.3, -0.25) is 4.79 Å². The highest BCUT2D eigenvalue weighted by atomic mass is 19.1. The Morgan fingerprint density at radius 1 is 1.28 bits per heavy atom. The summed E-state index contributed by atoms with van der Waals surface area (Å²) in [6.45, 7) is 6.72. The van der Waals surface area contributed by atoms with Gasteiger partial charge in [-0.1, -0.05) is 25.5 Å². The minimum absolute atomic E-state index is 0.0000406. The van der Waals surface area contributed by atoms with E-state index in [-0.39, 0.29) is 17.8 Å². The number of hydrogen-bond donors (Lipinski definition) is 0. The van der Waals surface area contributed by atoms with Crippen LogP contribution in [0.3, 0.4) is 0 Å². The first-order valence-electron chi connectivity index (χ1n) is 6.65. The number of hydrogen-bond acceptors (Lipinski definition) is 1. The molecular weight excluding hydrogens is 229 g/mol. The molecule has 1 unspecified atom stereocenters. The molecule has 1 aromatic rings. The third-order valence-corrected chi connectivity index (χ3v) is 3.23. The van der Waals surface area contributed by atoms with Crippen LogP contribution < -0.4 is 0 Å². The molecule has 0 radical (unpaired) electrons. The maximum absolute atomic E-state index is 12.9. The lowest BCUT2D eigenvalue weighted by molar-refractivity contribution is -0.133. The lowest BCUT2D eigenvalue weighted by Gasteiger charge is -2.28. The van der Waals surface area contributed by atoms with Crippen LogP contribution in [0.25, 0.3) is 0 Å². The molecule has 1 atom stereocenters. The molecule has 1 rings (SSSR count). The normalized spacial score (nSPS) is 12.2. The van der Waals surface area contributed by atoms with Gasteiger partial charge in [-0.25, -0.2) is 4.39 Å². The minimum atomic E-state index is -0.244. The number of carbonyl (C=O) groups is 1. The maximum Gasteiger partial charge on any atom is 0.223 e. The number of benzene rings is 1. The second-order valence-electron chi connectivity index (χ2n) is 4.51. The van der Waals surface area contributed by atoms with Crippen LogP contribution in [0.15, 0.2) is 24.3 Å². The van der Waals surface area contributed by atoms with Crippen LogP contribution >= 0.6 is 0 Å². The highest BCUT2D eigenvalue weighted by Crippen LogP contribution is 2.21. The van der Waals surface area contributed by atoms with Crippen LogP contribution in [0, 0.1) is 5.82 Å². The average Bonchev–Trinajstić information content (AvgIpc) is 2.37. The second-order valence-corrected chi connectivity index (χ2v) is 4.51. The standard InChI is InChI=1S/C15H22FNO/c1-4-6-7-15(18)17(5-2)12(3)13-8-10-14(16)11-9-13/h8-12H,4-7H2,1-3H3. The number of halogens is 1. The molecule has 1 aromatic carbocycles. The predicted octanol–water partition coefficient (Wildman–Crippen LogP) is 3.93. The van der Waals surface area contributed by atoms with Crippen molar-refractivity contribution in [1.82, 2.24) is 4.90 Å². The minimum Gasteiger partial charge on any atom is -0.336 e. The fourth-order valence-corrected chi connectivity index (χ4v) is 2.06. The lowest BCUT2D eigenvalue weighted by atomic mass is 10.1. The molecule has 0 aliphatic heterocycles. The Labute approximate surface area is 109 Å². The van der Waals surface area contributed by atoms with E-state index in [0.29, 0.717) is 13.0 Å². The summed E-state index contributed by atoms with van der Waals surface area (Å²) in [6.07, 6.45) is 2.54. The molecular formula is C15H22FNO. The summed E-state index contributed by atoms with van der Waals surface area (Å²) >= 11 is 0. The molecule has 0 bridgehead atoms. The number of nitrogens with zero attached hydrogens (tertiary/aromatic N) is 1. The molecule has 18 heavy (non-hydrogen) atoms. The van der Waals surface area contributed by atoms with Gasteiger partial charge in [0.05, 0.1) is 6.04 Å². The van der Waals surface area contributed by atoms with E-state index in [2.05, 4.69) is 6.92 Å². The molecule has 0 heterocycles. The summed E-state index contributed by atoms with van der Waals surface area (Å²) < 4.78 is 12.9. The quantitative estimate of drug-likeness (QED) is 0.750. The first kappa shape index (κ1) is 14.7. The van der Waals surface area contributed by atoms with E-state index in [1.165, 1.54) is 12.1 Å². The molecule has 0 aliphatic carbocycles. The van der Waals surface area contributed by atoms with Crippen LogP contribution in [0.1, 0.15) is 51.6 Å². The topological polar surface area (TPSA) is 20.3 Å². The van der Waals surface area contributed by atoms with Gasteiger partial charge in [-0.05, 0) is 38.0 Å². The summed E-state index contributed by atoms with van der Waals surface area (Å²) in [5.41, 5.74) is 0.975. The van der Waals surface area contributed by atoms with Crippen LogP contribution in [0.4, 0.5) is 4.39 Å². The van der Waals surface area contributed by atoms with Gasteiger partial charge in [0.2, 0.25) is 5.91 Å². The van der Waals surface area contributed by atoms with E-state index in [0.717, 1.165) is 18.4 Å². The summed E-state index contributed by atoms with van der Waals surface area (Å²) in [7, 11) is 0. The van der Waals surface area contributed by atoms with E-state index in [1.807, 2.05) is 18.7 Å². The van der Waals surface area contributed by atoms with Gasteiger partial charge in [0.15, 0.2) is 0 Å². The summed E-state index contributed by atoms with van der Waals surface area (Å²) in [5, 5.41) is 0. The smallest absolute Gasteiger partial charge is 0.223 e. The van der Waals surface area contributed by atoms with Gasteiger partial charge >= 0.3 is 0 Å². The molecule has 0 aliphatic rings. The molecule has 0 saturated carbocycles. The van der Waals surface area contributed by atoms with Crippen molar-refractivity contribution in [3.05, 3.63) is 35.6 Å². The summed E-state index contributed by atoms with van der Waals surface area (Å²) in [5.74, 6) is -0.0671. The summed E-state index contributed by atoms with van der Waals surface area (Å²) in [6, 6.07) is 6.37. The van der Waals surface area contributed by atoms with Crippen molar-refractivity contribution < 1.29 is 9.18 Å². The van der Waals surface area contributed by atoms with E-state index in [9.17, 15) is 9.18 Å². The van der Waals surface area contributed by atoms with Crippen molar-refractivity contribution in [1.29, 1.82) is 0 Å². The Kier molecular flexibility index (Phi) is 5.83. The van der Waals surface area contributed by atoms with Gasteiger partial charge in [-0.15, -0.1) is 0 Å². The third-order valence-electron chi connectivity index (χ3n) is 3.23. The van der Waals surface area contributed by atoms with Crippen molar-refractivity contribution in [2.24, 2.45) is 0 Å². The maximum atomic E-state index is 12.9. The van der Waals surface area contributed by atoms with Crippen molar-refractivity contribution in [2.75, 3.05) is 6.54 Å². The van der Waals surface area contributed by atoms with Crippen LogP contribution in [0.2, 0.25) is 0 Å². The van der Waals surface area contributed by atoms with Gasteiger partial charge in [-0.2, -0.15) is 0 Å². The highest BCUT2D eigenvalue weighted by Gasteiger charge is 2.19. The van der Waals surface area contributed by atoms with E-state index in [4.69, 9.17) is 0 Å². The summed E-state index contributed by atoms with van der Waals surface area (Å²) in [4.78, 5) is 13.9. The fraction of sp³-hybridized carbons (Fsp3) is 0.533. The van der Waals surface area contributed by atoms with Gasteiger partial charge < -0.3 is 4.90 Å². The highest BCUT2D eigenvalue weighted by molar-refractivity contribution is 5.76. The molecule has 0 N–H and O–H groups in total. The molecule has 0 saturated heterocycles. The monoisotopic (exact) mass is 251 g/mol. The number of unbranched alkanes of at least 4 members (excludes halogenated alkanes) is 1. The molecule has 0 fully saturated rings. The van der Waals surface area contributed by atoms with Crippen molar-refractivity contribution in [2.45, 2.75) is 46.1 Å². The van der Waals surface area contributed by atoms with Gasteiger partial charge in [0.1, 0.15) is 5.82 Å². The first-order chi connectivity index (χ1) is 8.60. The van der Waals surface area contributed by atoms with E-state index in [1.54, 1.807) is 12.1 Å². The molecule has 2 nitrogen and oxygen atoms in total.